The Bertz CT molecular complexity index is 271. The molecule has 0 fully saturated rings. The summed E-state index contributed by atoms with van der Waals surface area (Å²) in [5, 5.41) is 3.15. The Labute approximate surface area is 112 Å². The van der Waals surface area contributed by atoms with Crippen molar-refractivity contribution >= 4 is 11.6 Å². The summed E-state index contributed by atoms with van der Waals surface area (Å²) in [6.45, 7) is 15.0. The molecule has 0 aromatic heterocycles. The Morgan fingerprint density at radius 3 is 1.56 bits per heavy atom. The lowest BCUT2D eigenvalue weighted by Crippen LogP contribution is -2.34. The number of Topliss-reactive ketones (excluding diaryl/α,β-unsaturated/α-hetero) is 2. The molecule has 0 spiro atoms. The molecule has 108 valence electrons. The zero-order chi connectivity index (χ0) is 15.0. The Balaban J connectivity index is 0. The van der Waals surface area contributed by atoms with Crippen LogP contribution in [-0.4, -0.2) is 31.2 Å². The number of carbonyl (C=O) groups excluding carboxylic acids is 2. The van der Waals surface area contributed by atoms with Gasteiger partial charge in [0, 0.05) is 23.9 Å². The van der Waals surface area contributed by atoms with Crippen molar-refractivity contribution in [1.82, 2.24) is 5.32 Å². The normalized spacial score (nSPS) is 11.6. The predicted molar refractivity (Wildman–Crippen MR) is 76.5 cm³/mol. The fourth-order valence-electron chi connectivity index (χ4n) is 0.706. The molecule has 0 aliphatic heterocycles. The maximum absolute atomic E-state index is 10.9. The van der Waals surface area contributed by atoms with Crippen molar-refractivity contribution in [2.24, 2.45) is 16.6 Å². The molecule has 4 heteroatoms. The van der Waals surface area contributed by atoms with Crippen LogP contribution in [0.2, 0.25) is 0 Å². The summed E-state index contributed by atoms with van der Waals surface area (Å²) in [7, 11) is 0. The van der Waals surface area contributed by atoms with Gasteiger partial charge in [-0.15, -0.1) is 0 Å². The average Bonchev–Trinajstić information content (AvgIpc) is 2.27. The number of ketones is 2. The molecular formula is C14H30N2O2. The Morgan fingerprint density at radius 2 is 1.39 bits per heavy atom. The summed E-state index contributed by atoms with van der Waals surface area (Å²) in [4.78, 5) is 21.5. The van der Waals surface area contributed by atoms with Crippen molar-refractivity contribution in [2.45, 2.75) is 48.5 Å². The zero-order valence-corrected chi connectivity index (χ0v) is 13.0. The molecule has 0 aliphatic rings. The SMILES string of the molecule is CC(=O)C(C)(C)CN.CCNCC(C)(C)C(C)=O. The zero-order valence-electron chi connectivity index (χ0n) is 13.0. The second-order valence-corrected chi connectivity index (χ2v) is 5.86. The van der Waals surface area contributed by atoms with Crippen molar-refractivity contribution in [1.29, 1.82) is 0 Å². The van der Waals surface area contributed by atoms with Gasteiger partial charge in [-0.2, -0.15) is 0 Å². The topological polar surface area (TPSA) is 72.2 Å². The van der Waals surface area contributed by atoms with Gasteiger partial charge in [-0.25, -0.2) is 0 Å². The first-order valence-corrected chi connectivity index (χ1v) is 6.44. The van der Waals surface area contributed by atoms with Crippen molar-refractivity contribution in [3.05, 3.63) is 0 Å². The van der Waals surface area contributed by atoms with E-state index in [1.54, 1.807) is 13.8 Å². The van der Waals surface area contributed by atoms with Crippen LogP contribution in [0.5, 0.6) is 0 Å². The molecular weight excluding hydrogens is 228 g/mol. The average molecular weight is 258 g/mol. The highest BCUT2D eigenvalue weighted by Gasteiger charge is 2.22. The standard InChI is InChI=1S/C8H17NO.C6H13NO/c1-5-9-6-8(3,4)7(2)10;1-5(8)6(2,3)4-7/h9H,5-6H2,1-4H3;4,7H2,1-3H3. The summed E-state index contributed by atoms with van der Waals surface area (Å²) in [6, 6.07) is 0. The molecule has 0 saturated carbocycles. The second kappa shape index (κ2) is 8.38. The highest BCUT2D eigenvalue weighted by Crippen LogP contribution is 2.14. The van der Waals surface area contributed by atoms with Gasteiger partial charge in [-0.05, 0) is 20.4 Å². The lowest BCUT2D eigenvalue weighted by molar-refractivity contribution is -0.125. The van der Waals surface area contributed by atoms with Crippen molar-refractivity contribution in [2.75, 3.05) is 19.6 Å². The first kappa shape index (κ1) is 19.6. The summed E-state index contributed by atoms with van der Waals surface area (Å²) >= 11 is 0. The molecule has 0 amide bonds. The highest BCUT2D eigenvalue weighted by molar-refractivity contribution is 5.82. The summed E-state index contributed by atoms with van der Waals surface area (Å²) < 4.78 is 0. The van der Waals surface area contributed by atoms with E-state index < -0.39 is 0 Å². The third-order valence-corrected chi connectivity index (χ3v) is 3.23. The van der Waals surface area contributed by atoms with Gasteiger partial charge >= 0.3 is 0 Å². The maximum atomic E-state index is 10.9. The molecule has 0 aromatic carbocycles. The van der Waals surface area contributed by atoms with Crippen LogP contribution in [0, 0.1) is 10.8 Å². The van der Waals surface area contributed by atoms with Gasteiger partial charge in [0.2, 0.25) is 0 Å². The third kappa shape index (κ3) is 8.37. The summed E-state index contributed by atoms with van der Waals surface area (Å²) in [5.41, 5.74) is 4.77. The quantitative estimate of drug-likeness (QED) is 0.761. The molecule has 4 nitrogen and oxygen atoms in total. The minimum absolute atomic E-state index is 0.153. The van der Waals surface area contributed by atoms with E-state index in [9.17, 15) is 9.59 Å². The number of hydrogen-bond donors (Lipinski definition) is 2. The van der Waals surface area contributed by atoms with Crippen LogP contribution in [-0.2, 0) is 9.59 Å². The Hall–Kier alpha value is -0.740. The maximum Gasteiger partial charge on any atom is 0.136 e. The Morgan fingerprint density at radius 1 is 1.00 bits per heavy atom. The fraction of sp³-hybridized carbons (Fsp3) is 0.857. The Kier molecular flexibility index (Phi) is 9.12. The van der Waals surface area contributed by atoms with Crippen LogP contribution in [0.15, 0.2) is 0 Å². The third-order valence-electron chi connectivity index (χ3n) is 3.23. The molecule has 0 radical (unpaired) electrons. The van der Waals surface area contributed by atoms with Crippen LogP contribution in [0.1, 0.15) is 48.5 Å². The number of nitrogens with two attached hydrogens (primary N) is 1. The first-order valence-electron chi connectivity index (χ1n) is 6.44. The van der Waals surface area contributed by atoms with Gasteiger partial charge in [0.15, 0.2) is 0 Å². The van der Waals surface area contributed by atoms with E-state index in [0.717, 1.165) is 13.1 Å². The van der Waals surface area contributed by atoms with E-state index in [1.807, 2.05) is 34.6 Å². The molecule has 0 aromatic rings. The minimum atomic E-state index is -0.319. The van der Waals surface area contributed by atoms with Crippen LogP contribution < -0.4 is 11.1 Å². The fourth-order valence-corrected chi connectivity index (χ4v) is 0.706. The van der Waals surface area contributed by atoms with Crippen LogP contribution in [0.25, 0.3) is 0 Å². The van der Waals surface area contributed by atoms with Crippen molar-refractivity contribution in [3.63, 3.8) is 0 Å². The lowest BCUT2D eigenvalue weighted by atomic mass is 9.89. The number of rotatable bonds is 6. The molecule has 0 heterocycles. The monoisotopic (exact) mass is 258 g/mol. The number of hydrogen-bond acceptors (Lipinski definition) is 4. The van der Waals surface area contributed by atoms with Gasteiger partial charge in [0.1, 0.15) is 11.6 Å². The van der Waals surface area contributed by atoms with E-state index in [0.29, 0.717) is 6.54 Å². The summed E-state index contributed by atoms with van der Waals surface area (Å²) in [5.74, 6) is 0.397. The van der Waals surface area contributed by atoms with E-state index in [2.05, 4.69) is 5.32 Å². The van der Waals surface area contributed by atoms with Gasteiger partial charge in [-0.1, -0.05) is 34.6 Å². The van der Waals surface area contributed by atoms with Gasteiger partial charge in [0.05, 0.1) is 0 Å². The molecule has 0 rings (SSSR count). The van der Waals surface area contributed by atoms with E-state index in [4.69, 9.17) is 5.73 Å². The molecule has 0 saturated heterocycles. The van der Waals surface area contributed by atoms with Crippen molar-refractivity contribution < 1.29 is 9.59 Å². The largest absolute Gasteiger partial charge is 0.329 e. The van der Waals surface area contributed by atoms with E-state index in [1.165, 1.54) is 0 Å². The molecule has 3 N–H and O–H groups in total. The van der Waals surface area contributed by atoms with Gasteiger partial charge in [0.25, 0.3) is 0 Å². The molecule has 0 bridgehead atoms. The molecule has 0 atom stereocenters. The van der Waals surface area contributed by atoms with Crippen LogP contribution >= 0.6 is 0 Å². The van der Waals surface area contributed by atoms with Gasteiger partial charge < -0.3 is 11.1 Å². The van der Waals surface area contributed by atoms with E-state index >= 15 is 0 Å². The van der Waals surface area contributed by atoms with Crippen LogP contribution in [0.4, 0.5) is 0 Å². The number of nitrogens with one attached hydrogen (secondary N) is 1. The van der Waals surface area contributed by atoms with E-state index in [-0.39, 0.29) is 22.4 Å². The predicted octanol–water partition coefficient (Wildman–Crippen LogP) is 1.77. The lowest BCUT2D eigenvalue weighted by Gasteiger charge is -2.20. The van der Waals surface area contributed by atoms with Crippen LogP contribution in [0.3, 0.4) is 0 Å². The summed E-state index contributed by atoms with van der Waals surface area (Å²) in [6.07, 6.45) is 0. The van der Waals surface area contributed by atoms with Gasteiger partial charge in [-0.3, -0.25) is 9.59 Å². The second-order valence-electron chi connectivity index (χ2n) is 5.86. The highest BCUT2D eigenvalue weighted by atomic mass is 16.1. The molecule has 18 heavy (non-hydrogen) atoms. The molecule has 0 unspecified atom stereocenters. The first-order chi connectivity index (χ1) is 8.01. The van der Waals surface area contributed by atoms with Crippen molar-refractivity contribution in [3.8, 4) is 0 Å². The number of carbonyl (C=O) groups is 2. The minimum Gasteiger partial charge on any atom is -0.329 e. The molecule has 0 aliphatic carbocycles. The smallest absolute Gasteiger partial charge is 0.136 e.